The van der Waals surface area contributed by atoms with Gasteiger partial charge in [0, 0.05) is 11.4 Å². The molecule has 0 aliphatic carbocycles. The maximum absolute atomic E-state index is 10.8. The van der Waals surface area contributed by atoms with E-state index in [1.807, 2.05) is 0 Å². The summed E-state index contributed by atoms with van der Waals surface area (Å²) in [6.45, 7) is 1.33. The third-order valence-corrected chi connectivity index (χ3v) is 2.02. The summed E-state index contributed by atoms with van der Waals surface area (Å²) in [5, 5.41) is 11.3. The van der Waals surface area contributed by atoms with Gasteiger partial charge in [-0.1, -0.05) is 15.9 Å². The van der Waals surface area contributed by atoms with Crippen molar-refractivity contribution < 1.29 is 24.3 Å². The van der Waals surface area contributed by atoms with Gasteiger partial charge in [-0.15, -0.1) is 0 Å². The number of nitrogens with one attached hydrogen (secondary N) is 1. The van der Waals surface area contributed by atoms with Gasteiger partial charge in [0.25, 0.3) is 0 Å². The molecule has 0 aliphatic heterocycles. The molecule has 1 aromatic rings. The Bertz CT molecular complexity index is 466. The number of aromatic carboxylic acids is 1. The average molecular weight is 302 g/mol. The predicted molar refractivity (Wildman–Crippen MR) is 60.4 cm³/mol. The van der Waals surface area contributed by atoms with Crippen molar-refractivity contribution in [1.29, 1.82) is 0 Å². The molecule has 1 amide bonds. The van der Waals surface area contributed by atoms with Gasteiger partial charge in [0.05, 0.1) is 11.3 Å². The van der Waals surface area contributed by atoms with Gasteiger partial charge in [0.1, 0.15) is 0 Å². The van der Waals surface area contributed by atoms with Crippen molar-refractivity contribution in [1.82, 2.24) is 0 Å². The number of carboxylic acid groups (broad SMARTS) is 1. The normalized spacial score (nSPS) is 8.35. The lowest BCUT2D eigenvalue weighted by atomic mass is 10.2. The number of carboxylic acids is 1. The second kappa shape index (κ2) is 7.32. The highest BCUT2D eigenvalue weighted by Crippen LogP contribution is 2.20. The van der Waals surface area contributed by atoms with E-state index in [-0.39, 0.29) is 17.6 Å². The SMILES string of the molecule is CC(=O)Nc1ccc(Br)cc1C(=O)O.O=C=O. The number of amides is 1. The van der Waals surface area contributed by atoms with Crippen LogP contribution in [-0.4, -0.2) is 23.1 Å². The Hall–Kier alpha value is -1.98. The monoisotopic (exact) mass is 301 g/mol. The molecule has 0 saturated carbocycles. The predicted octanol–water partition coefficient (Wildman–Crippen LogP) is 1.52. The molecule has 1 rings (SSSR count). The lowest BCUT2D eigenvalue weighted by molar-refractivity contribution is -0.191. The largest absolute Gasteiger partial charge is 0.478 e. The smallest absolute Gasteiger partial charge is 0.373 e. The molecule has 0 heterocycles. The fourth-order valence-electron chi connectivity index (χ4n) is 0.992. The maximum Gasteiger partial charge on any atom is 0.373 e. The van der Waals surface area contributed by atoms with Crippen LogP contribution in [0, 0.1) is 0 Å². The number of carbonyl (C=O) groups is 2. The fraction of sp³-hybridized carbons (Fsp3) is 0.100. The molecule has 1 aromatic carbocycles. The third-order valence-electron chi connectivity index (χ3n) is 1.52. The summed E-state index contributed by atoms with van der Waals surface area (Å²) in [4.78, 5) is 37.8. The minimum absolute atomic E-state index is 0.0644. The molecule has 0 atom stereocenters. The first-order valence-electron chi connectivity index (χ1n) is 4.22. The van der Waals surface area contributed by atoms with Crippen molar-refractivity contribution in [2.75, 3.05) is 5.32 Å². The standard InChI is InChI=1S/C9H8BrNO3.CO2/c1-5(12)11-8-3-2-6(10)4-7(8)9(13)14;2-1-3/h2-4H,1H3,(H,11,12)(H,13,14);. The van der Waals surface area contributed by atoms with Gasteiger partial charge in [-0.2, -0.15) is 9.59 Å². The van der Waals surface area contributed by atoms with Crippen LogP contribution >= 0.6 is 15.9 Å². The van der Waals surface area contributed by atoms with E-state index in [0.717, 1.165) is 0 Å². The van der Waals surface area contributed by atoms with Crippen LogP contribution in [0.3, 0.4) is 0 Å². The van der Waals surface area contributed by atoms with Crippen molar-refractivity contribution in [2.45, 2.75) is 6.92 Å². The second-order valence-electron chi connectivity index (χ2n) is 2.76. The highest BCUT2D eigenvalue weighted by molar-refractivity contribution is 9.10. The van der Waals surface area contributed by atoms with E-state index in [2.05, 4.69) is 21.2 Å². The highest BCUT2D eigenvalue weighted by atomic mass is 79.9. The zero-order valence-corrected chi connectivity index (χ0v) is 10.3. The molecule has 7 heteroatoms. The van der Waals surface area contributed by atoms with Gasteiger partial charge < -0.3 is 10.4 Å². The van der Waals surface area contributed by atoms with E-state index in [1.54, 1.807) is 6.07 Å². The first kappa shape index (κ1) is 15.0. The molecule has 0 saturated heterocycles. The molecule has 0 fully saturated rings. The van der Waals surface area contributed by atoms with Crippen molar-refractivity contribution in [3.63, 3.8) is 0 Å². The zero-order chi connectivity index (χ0) is 13.4. The topological polar surface area (TPSA) is 101 Å². The van der Waals surface area contributed by atoms with Crippen LogP contribution in [0.4, 0.5) is 5.69 Å². The lowest BCUT2D eigenvalue weighted by Crippen LogP contribution is -2.10. The van der Waals surface area contributed by atoms with Crippen molar-refractivity contribution in [3.05, 3.63) is 28.2 Å². The molecule has 0 spiro atoms. The fourth-order valence-corrected chi connectivity index (χ4v) is 1.35. The molecule has 90 valence electrons. The first-order valence-corrected chi connectivity index (χ1v) is 5.01. The number of hydrogen-bond donors (Lipinski definition) is 2. The number of carbonyl (C=O) groups excluding carboxylic acids is 3. The molecular formula is C10H8BrNO5. The molecule has 0 aromatic heterocycles. The van der Waals surface area contributed by atoms with E-state index in [9.17, 15) is 9.59 Å². The lowest BCUT2D eigenvalue weighted by Gasteiger charge is -2.06. The number of halogens is 1. The number of rotatable bonds is 2. The highest BCUT2D eigenvalue weighted by Gasteiger charge is 2.10. The van der Waals surface area contributed by atoms with Crippen LogP contribution in [0.1, 0.15) is 17.3 Å². The maximum atomic E-state index is 10.8. The van der Waals surface area contributed by atoms with Gasteiger partial charge >= 0.3 is 12.1 Å². The average Bonchev–Trinajstić information content (AvgIpc) is 2.21. The molecule has 0 aliphatic rings. The summed E-state index contributed by atoms with van der Waals surface area (Å²) in [5.41, 5.74) is 0.364. The summed E-state index contributed by atoms with van der Waals surface area (Å²) < 4.78 is 0.656. The van der Waals surface area contributed by atoms with Gasteiger partial charge in [0.2, 0.25) is 5.91 Å². The van der Waals surface area contributed by atoms with Gasteiger partial charge in [0.15, 0.2) is 0 Å². The molecule has 6 nitrogen and oxygen atoms in total. The Balaban J connectivity index is 0.000000770. The minimum atomic E-state index is -1.07. The Morgan fingerprint density at radius 1 is 1.35 bits per heavy atom. The van der Waals surface area contributed by atoms with Gasteiger partial charge in [-0.25, -0.2) is 4.79 Å². The summed E-state index contributed by atoms with van der Waals surface area (Å²) in [5.74, 6) is -1.37. The molecule has 2 N–H and O–H groups in total. The van der Waals surface area contributed by atoms with Gasteiger partial charge in [-0.3, -0.25) is 4.79 Å². The van der Waals surface area contributed by atoms with Crippen LogP contribution in [-0.2, 0) is 14.4 Å². The number of benzene rings is 1. The summed E-state index contributed by atoms with van der Waals surface area (Å²) in [7, 11) is 0. The number of hydrogen-bond acceptors (Lipinski definition) is 4. The number of anilines is 1. The van der Waals surface area contributed by atoms with Crippen LogP contribution in [0.25, 0.3) is 0 Å². The zero-order valence-electron chi connectivity index (χ0n) is 8.69. The Kier molecular flexibility index (Phi) is 6.47. The van der Waals surface area contributed by atoms with Crippen LogP contribution in [0.2, 0.25) is 0 Å². The van der Waals surface area contributed by atoms with Crippen LogP contribution < -0.4 is 5.32 Å². The second-order valence-corrected chi connectivity index (χ2v) is 3.68. The van der Waals surface area contributed by atoms with E-state index >= 15 is 0 Å². The first-order chi connectivity index (χ1) is 7.92. The molecule has 17 heavy (non-hydrogen) atoms. The Morgan fingerprint density at radius 2 is 1.88 bits per heavy atom. The van der Waals surface area contributed by atoms with E-state index < -0.39 is 5.97 Å². The minimum Gasteiger partial charge on any atom is -0.478 e. The van der Waals surface area contributed by atoms with E-state index in [4.69, 9.17) is 14.7 Å². The Labute approximate surface area is 105 Å². The van der Waals surface area contributed by atoms with E-state index in [1.165, 1.54) is 19.1 Å². The quantitative estimate of drug-likeness (QED) is 0.862. The Morgan fingerprint density at radius 3 is 2.29 bits per heavy atom. The van der Waals surface area contributed by atoms with Crippen molar-refractivity contribution in [2.24, 2.45) is 0 Å². The summed E-state index contributed by atoms with van der Waals surface area (Å²) in [6, 6.07) is 4.64. The molecule has 0 radical (unpaired) electrons. The molecule has 0 bridgehead atoms. The van der Waals surface area contributed by atoms with Crippen molar-refractivity contribution >= 4 is 39.6 Å². The molecule has 0 unspecified atom stereocenters. The third kappa shape index (κ3) is 5.60. The van der Waals surface area contributed by atoms with Crippen molar-refractivity contribution in [3.8, 4) is 0 Å². The summed E-state index contributed by atoms with van der Waals surface area (Å²) in [6.07, 6.45) is 0.250. The summed E-state index contributed by atoms with van der Waals surface area (Å²) >= 11 is 3.15. The van der Waals surface area contributed by atoms with Crippen LogP contribution in [0.5, 0.6) is 0 Å². The van der Waals surface area contributed by atoms with Crippen LogP contribution in [0.15, 0.2) is 22.7 Å². The molecular weight excluding hydrogens is 294 g/mol. The van der Waals surface area contributed by atoms with Gasteiger partial charge in [-0.05, 0) is 18.2 Å². The van der Waals surface area contributed by atoms with E-state index in [0.29, 0.717) is 10.2 Å².